The molecule has 2 aromatic heterocycles. The Labute approximate surface area is 202 Å². The lowest BCUT2D eigenvalue weighted by atomic mass is 9.98. The Bertz CT molecular complexity index is 1360. The zero-order valence-electron chi connectivity index (χ0n) is 18.8. The maximum Gasteiger partial charge on any atom is 0.243 e. The molecule has 0 saturated carbocycles. The summed E-state index contributed by atoms with van der Waals surface area (Å²) in [7, 11) is -3.67. The minimum Gasteiger partial charge on any atom is -0.467 e. The predicted molar refractivity (Wildman–Crippen MR) is 132 cm³/mol. The van der Waals surface area contributed by atoms with Crippen LogP contribution in [0.5, 0.6) is 0 Å². The van der Waals surface area contributed by atoms with Gasteiger partial charge in [-0.1, -0.05) is 41.2 Å². The first-order valence-electron chi connectivity index (χ1n) is 11.2. The van der Waals surface area contributed by atoms with Crippen LogP contribution < -0.4 is 4.90 Å². The van der Waals surface area contributed by atoms with Gasteiger partial charge in [-0.3, -0.25) is 9.69 Å². The molecule has 0 radical (unpaired) electrons. The Morgan fingerprint density at radius 1 is 1.15 bits per heavy atom. The summed E-state index contributed by atoms with van der Waals surface area (Å²) < 4.78 is 34.5. The maximum absolute atomic E-state index is 13.8. The molecule has 0 aliphatic carbocycles. The van der Waals surface area contributed by atoms with Gasteiger partial charge in [-0.15, -0.1) is 0 Å². The van der Waals surface area contributed by atoms with Crippen LogP contribution in [0, 0.1) is 12.8 Å². The molecule has 1 aliphatic rings. The highest BCUT2D eigenvalue weighted by atomic mass is 32.2. The Hall–Kier alpha value is -3.01. The average molecular weight is 496 g/mol. The molecule has 1 unspecified atom stereocenters. The van der Waals surface area contributed by atoms with Crippen LogP contribution in [0.25, 0.3) is 10.2 Å². The SMILES string of the molecule is Cc1ccc(S(=O)(=O)N2CCCC(C(=O)N(Cc3ccco3)c3nc4ccccc4s3)C2)cc1. The lowest BCUT2D eigenvalue weighted by molar-refractivity contribution is -0.123. The fourth-order valence-corrected chi connectivity index (χ4v) is 6.71. The van der Waals surface area contributed by atoms with Gasteiger partial charge in [0.2, 0.25) is 15.9 Å². The third kappa shape index (κ3) is 4.51. The number of amides is 1. The first-order chi connectivity index (χ1) is 16.4. The minimum atomic E-state index is -3.67. The third-order valence-electron chi connectivity index (χ3n) is 6.07. The molecule has 1 atom stereocenters. The van der Waals surface area contributed by atoms with Crippen LogP contribution in [0.2, 0.25) is 0 Å². The van der Waals surface area contributed by atoms with E-state index < -0.39 is 15.9 Å². The van der Waals surface area contributed by atoms with Gasteiger partial charge in [0, 0.05) is 13.1 Å². The van der Waals surface area contributed by atoms with Crippen molar-refractivity contribution in [3.63, 3.8) is 0 Å². The molecule has 2 aromatic carbocycles. The van der Waals surface area contributed by atoms with Crippen LogP contribution >= 0.6 is 11.3 Å². The van der Waals surface area contributed by atoms with Crippen molar-refractivity contribution in [2.75, 3.05) is 18.0 Å². The van der Waals surface area contributed by atoms with Gasteiger partial charge in [-0.05, 0) is 56.2 Å². The van der Waals surface area contributed by atoms with Crippen LogP contribution in [0.4, 0.5) is 5.13 Å². The van der Waals surface area contributed by atoms with Crippen LogP contribution in [-0.4, -0.2) is 36.7 Å². The first kappa shape index (κ1) is 22.8. The second kappa shape index (κ2) is 9.32. The number of thiazole rings is 1. The molecule has 4 aromatic rings. The number of carbonyl (C=O) groups is 1. The van der Waals surface area contributed by atoms with Gasteiger partial charge in [-0.25, -0.2) is 13.4 Å². The smallest absolute Gasteiger partial charge is 0.243 e. The van der Waals surface area contributed by atoms with Crippen molar-refractivity contribution in [3.05, 3.63) is 78.3 Å². The number of anilines is 1. The molecule has 0 N–H and O–H groups in total. The van der Waals surface area contributed by atoms with Crippen molar-refractivity contribution < 1.29 is 17.6 Å². The van der Waals surface area contributed by atoms with E-state index in [4.69, 9.17) is 4.42 Å². The summed E-state index contributed by atoms with van der Waals surface area (Å²) >= 11 is 1.44. The molecule has 1 amide bonds. The number of hydrogen-bond acceptors (Lipinski definition) is 6. The molecule has 5 rings (SSSR count). The van der Waals surface area contributed by atoms with Crippen molar-refractivity contribution in [3.8, 4) is 0 Å². The maximum atomic E-state index is 13.8. The van der Waals surface area contributed by atoms with E-state index in [9.17, 15) is 13.2 Å². The Morgan fingerprint density at radius 3 is 2.68 bits per heavy atom. The van der Waals surface area contributed by atoms with Crippen LogP contribution in [-0.2, 0) is 21.4 Å². The number of sulfonamides is 1. The lowest BCUT2D eigenvalue weighted by Crippen LogP contribution is -2.46. The molecule has 0 bridgehead atoms. The summed E-state index contributed by atoms with van der Waals surface area (Å²) in [5.41, 5.74) is 1.82. The molecule has 3 heterocycles. The quantitative estimate of drug-likeness (QED) is 0.383. The van der Waals surface area contributed by atoms with Crippen molar-refractivity contribution in [1.82, 2.24) is 9.29 Å². The van der Waals surface area contributed by atoms with E-state index >= 15 is 0 Å². The first-order valence-corrected chi connectivity index (χ1v) is 13.4. The number of furan rings is 1. The minimum absolute atomic E-state index is 0.140. The standard InChI is InChI=1S/C25H25N3O4S2/c1-18-10-12-21(13-11-18)34(30,31)27-14-4-6-19(16-27)24(29)28(17-20-7-5-15-32-20)25-26-22-8-2-3-9-23(22)33-25/h2-3,5,7-13,15,19H,4,6,14,16-17H2,1H3. The molecule has 1 fully saturated rings. The summed E-state index contributed by atoms with van der Waals surface area (Å²) in [5.74, 6) is 0.0442. The summed E-state index contributed by atoms with van der Waals surface area (Å²) in [5, 5.41) is 0.584. The molecular weight excluding hydrogens is 470 g/mol. The van der Waals surface area contributed by atoms with Crippen molar-refractivity contribution >= 4 is 42.6 Å². The van der Waals surface area contributed by atoms with E-state index in [0.717, 1.165) is 15.8 Å². The van der Waals surface area contributed by atoms with Crippen molar-refractivity contribution in [2.24, 2.45) is 5.92 Å². The number of benzene rings is 2. The van der Waals surface area contributed by atoms with Gasteiger partial charge >= 0.3 is 0 Å². The number of para-hydroxylation sites is 1. The Kier molecular flexibility index (Phi) is 6.24. The highest BCUT2D eigenvalue weighted by Crippen LogP contribution is 2.33. The monoisotopic (exact) mass is 495 g/mol. The number of aryl methyl sites for hydroxylation is 1. The number of nitrogens with zero attached hydrogens (tertiary/aromatic N) is 3. The summed E-state index contributed by atoms with van der Waals surface area (Å²) in [6, 6.07) is 18.2. The van der Waals surface area contributed by atoms with Gasteiger partial charge in [0.15, 0.2) is 5.13 Å². The van der Waals surface area contributed by atoms with E-state index in [0.29, 0.717) is 30.3 Å². The number of aromatic nitrogens is 1. The molecule has 1 saturated heterocycles. The van der Waals surface area contributed by atoms with Crippen LogP contribution in [0.1, 0.15) is 24.2 Å². The largest absolute Gasteiger partial charge is 0.467 e. The van der Waals surface area contributed by atoms with Gasteiger partial charge in [0.25, 0.3) is 0 Å². The van der Waals surface area contributed by atoms with Gasteiger partial charge < -0.3 is 4.42 Å². The van der Waals surface area contributed by atoms with Crippen LogP contribution in [0.15, 0.2) is 76.2 Å². The molecule has 0 spiro atoms. The fraction of sp³-hybridized carbons (Fsp3) is 0.280. The Balaban J connectivity index is 1.43. The second-order valence-electron chi connectivity index (χ2n) is 8.48. The van der Waals surface area contributed by atoms with Crippen molar-refractivity contribution in [1.29, 1.82) is 0 Å². The van der Waals surface area contributed by atoms with E-state index in [1.165, 1.54) is 15.6 Å². The third-order valence-corrected chi connectivity index (χ3v) is 9.00. The summed E-state index contributed by atoms with van der Waals surface area (Å²) in [4.78, 5) is 20.4. The molecule has 34 heavy (non-hydrogen) atoms. The number of hydrogen-bond donors (Lipinski definition) is 0. The van der Waals surface area contributed by atoms with Gasteiger partial charge in [-0.2, -0.15) is 4.31 Å². The average Bonchev–Trinajstić information content (AvgIpc) is 3.52. The van der Waals surface area contributed by atoms with E-state index in [1.54, 1.807) is 41.5 Å². The number of carbonyl (C=O) groups excluding carboxylic acids is 1. The topological polar surface area (TPSA) is 83.7 Å². The molecule has 9 heteroatoms. The van der Waals surface area contributed by atoms with Gasteiger partial charge in [0.05, 0.1) is 33.8 Å². The fourth-order valence-electron chi connectivity index (χ4n) is 4.22. The van der Waals surface area contributed by atoms with Gasteiger partial charge in [0.1, 0.15) is 5.76 Å². The zero-order chi connectivity index (χ0) is 23.7. The Morgan fingerprint density at radius 2 is 1.94 bits per heavy atom. The zero-order valence-corrected chi connectivity index (χ0v) is 20.4. The van der Waals surface area contributed by atoms with E-state index in [2.05, 4.69) is 4.98 Å². The number of fused-ring (bicyclic) bond motifs is 1. The number of piperidine rings is 1. The van der Waals surface area contributed by atoms with Crippen LogP contribution in [0.3, 0.4) is 0 Å². The highest BCUT2D eigenvalue weighted by Gasteiger charge is 2.36. The molecule has 7 nitrogen and oxygen atoms in total. The molecular formula is C25H25N3O4S2. The summed E-state index contributed by atoms with van der Waals surface area (Å²) in [6.45, 7) is 2.71. The molecule has 1 aliphatic heterocycles. The van der Waals surface area contributed by atoms with E-state index in [1.807, 2.05) is 37.3 Å². The van der Waals surface area contributed by atoms with E-state index in [-0.39, 0.29) is 23.9 Å². The molecule has 176 valence electrons. The second-order valence-corrected chi connectivity index (χ2v) is 11.4. The van der Waals surface area contributed by atoms with Crippen molar-refractivity contribution in [2.45, 2.75) is 31.2 Å². The lowest BCUT2D eigenvalue weighted by Gasteiger charge is -2.33. The number of rotatable bonds is 6. The highest BCUT2D eigenvalue weighted by molar-refractivity contribution is 7.89. The normalized spacial score (nSPS) is 17.1. The predicted octanol–water partition coefficient (Wildman–Crippen LogP) is 4.83. The summed E-state index contributed by atoms with van der Waals surface area (Å²) in [6.07, 6.45) is 2.82.